The van der Waals surface area contributed by atoms with Crippen LogP contribution in [0.15, 0.2) is 53.3 Å². The van der Waals surface area contributed by atoms with Crippen LogP contribution < -0.4 is 4.74 Å². The Labute approximate surface area is 169 Å². The molecule has 0 saturated carbocycles. The Morgan fingerprint density at radius 2 is 2.11 bits per heavy atom. The van der Waals surface area contributed by atoms with Crippen molar-refractivity contribution >= 4 is 32.7 Å². The van der Waals surface area contributed by atoms with Crippen molar-refractivity contribution in [3.63, 3.8) is 0 Å². The number of para-hydroxylation sites is 1. The molecule has 4 rings (SSSR count). The second-order valence-electron chi connectivity index (χ2n) is 6.35. The molecule has 1 aliphatic heterocycles. The summed E-state index contributed by atoms with van der Waals surface area (Å²) >= 11 is 3.12. The van der Waals surface area contributed by atoms with Gasteiger partial charge in [-0.25, -0.2) is 14.4 Å². The summed E-state index contributed by atoms with van der Waals surface area (Å²) in [6.07, 6.45) is 1.12. The standard InChI is InChI=1S/C20H17BrFN3O3/c21-16-6-3-5-15(18(16)22)20(26)25-8-9-27-13(10-25)11-28-19-14-4-1-2-7-17(14)23-12-24-19/h1-7,12-13H,8-11H2. The Balaban J connectivity index is 1.44. The highest BCUT2D eigenvalue weighted by atomic mass is 79.9. The van der Waals surface area contributed by atoms with Crippen LogP contribution in [0.4, 0.5) is 4.39 Å². The highest BCUT2D eigenvalue weighted by molar-refractivity contribution is 9.10. The summed E-state index contributed by atoms with van der Waals surface area (Å²) in [6.45, 7) is 1.30. The lowest BCUT2D eigenvalue weighted by Crippen LogP contribution is -2.47. The first-order valence-corrected chi connectivity index (χ1v) is 9.60. The molecule has 0 radical (unpaired) electrons. The van der Waals surface area contributed by atoms with Crippen LogP contribution in [0.25, 0.3) is 10.9 Å². The number of halogens is 2. The molecular weight excluding hydrogens is 429 g/mol. The van der Waals surface area contributed by atoms with Gasteiger partial charge in [-0.05, 0) is 40.2 Å². The lowest BCUT2D eigenvalue weighted by atomic mass is 10.1. The van der Waals surface area contributed by atoms with Gasteiger partial charge in [0.2, 0.25) is 5.88 Å². The molecule has 2 aromatic carbocycles. The summed E-state index contributed by atoms with van der Waals surface area (Å²) < 4.78 is 26.1. The summed E-state index contributed by atoms with van der Waals surface area (Å²) in [4.78, 5) is 22.7. The van der Waals surface area contributed by atoms with Gasteiger partial charge in [0.05, 0.1) is 34.1 Å². The van der Waals surface area contributed by atoms with Gasteiger partial charge in [-0.3, -0.25) is 4.79 Å². The molecule has 8 heteroatoms. The topological polar surface area (TPSA) is 64.6 Å². The van der Waals surface area contributed by atoms with Gasteiger partial charge in [0.1, 0.15) is 24.9 Å². The number of rotatable bonds is 4. The molecular formula is C20H17BrFN3O3. The molecule has 1 fully saturated rings. The lowest BCUT2D eigenvalue weighted by molar-refractivity contribution is -0.0406. The molecule has 3 aromatic rings. The fourth-order valence-electron chi connectivity index (χ4n) is 3.11. The first-order valence-electron chi connectivity index (χ1n) is 8.81. The van der Waals surface area contributed by atoms with Crippen LogP contribution in [0, 0.1) is 5.82 Å². The SMILES string of the molecule is O=C(c1cccc(Br)c1F)N1CCOC(COc2ncnc3ccccc23)C1. The van der Waals surface area contributed by atoms with E-state index in [0.717, 1.165) is 10.9 Å². The largest absolute Gasteiger partial charge is 0.474 e. The second-order valence-corrected chi connectivity index (χ2v) is 7.21. The van der Waals surface area contributed by atoms with E-state index in [0.29, 0.717) is 25.6 Å². The predicted octanol–water partition coefficient (Wildman–Crippen LogP) is 3.45. The molecule has 2 heterocycles. The Hall–Kier alpha value is -2.58. The van der Waals surface area contributed by atoms with Gasteiger partial charge in [0, 0.05) is 6.54 Å². The molecule has 0 aliphatic carbocycles. The minimum atomic E-state index is -0.556. The van der Waals surface area contributed by atoms with Gasteiger partial charge in [-0.15, -0.1) is 0 Å². The van der Waals surface area contributed by atoms with Crippen molar-refractivity contribution in [3.05, 3.63) is 64.6 Å². The maximum absolute atomic E-state index is 14.3. The van der Waals surface area contributed by atoms with Crippen LogP contribution in [0.2, 0.25) is 0 Å². The third kappa shape index (κ3) is 3.83. The van der Waals surface area contributed by atoms with Gasteiger partial charge in [0.15, 0.2) is 0 Å². The number of fused-ring (bicyclic) bond motifs is 1. The molecule has 0 bridgehead atoms. The highest BCUT2D eigenvalue weighted by Gasteiger charge is 2.27. The highest BCUT2D eigenvalue weighted by Crippen LogP contribution is 2.23. The van der Waals surface area contributed by atoms with E-state index in [-0.39, 0.29) is 28.7 Å². The van der Waals surface area contributed by atoms with Crippen molar-refractivity contribution in [3.8, 4) is 5.88 Å². The molecule has 6 nitrogen and oxygen atoms in total. The number of carbonyl (C=O) groups is 1. The zero-order valence-corrected chi connectivity index (χ0v) is 16.4. The smallest absolute Gasteiger partial charge is 0.257 e. The summed E-state index contributed by atoms with van der Waals surface area (Å²) in [5.41, 5.74) is 0.830. The maximum atomic E-state index is 14.3. The van der Waals surface area contributed by atoms with Crippen molar-refractivity contribution in [1.29, 1.82) is 0 Å². The zero-order valence-electron chi connectivity index (χ0n) is 14.8. The molecule has 1 aromatic heterocycles. The number of hydrogen-bond acceptors (Lipinski definition) is 5. The van der Waals surface area contributed by atoms with Gasteiger partial charge in [0.25, 0.3) is 5.91 Å². The minimum Gasteiger partial charge on any atom is -0.474 e. The van der Waals surface area contributed by atoms with Crippen LogP contribution >= 0.6 is 15.9 Å². The first-order chi connectivity index (χ1) is 13.6. The van der Waals surface area contributed by atoms with E-state index < -0.39 is 5.82 Å². The van der Waals surface area contributed by atoms with Crippen LogP contribution in [0.5, 0.6) is 5.88 Å². The fraction of sp³-hybridized carbons (Fsp3) is 0.250. The third-order valence-corrected chi connectivity index (χ3v) is 5.13. The molecule has 1 atom stereocenters. The van der Waals surface area contributed by atoms with Gasteiger partial charge >= 0.3 is 0 Å². The van der Waals surface area contributed by atoms with Crippen molar-refractivity contribution in [1.82, 2.24) is 14.9 Å². The van der Waals surface area contributed by atoms with E-state index in [9.17, 15) is 9.18 Å². The Bertz CT molecular complexity index is 1010. The minimum absolute atomic E-state index is 0.0396. The number of benzene rings is 2. The van der Waals surface area contributed by atoms with Gasteiger partial charge in [-0.2, -0.15) is 0 Å². The quantitative estimate of drug-likeness (QED) is 0.615. The number of morpholine rings is 1. The molecule has 1 saturated heterocycles. The molecule has 0 N–H and O–H groups in total. The summed E-state index contributed by atoms with van der Waals surface area (Å²) in [5, 5.41) is 0.810. The molecule has 1 unspecified atom stereocenters. The van der Waals surface area contributed by atoms with Gasteiger partial charge < -0.3 is 14.4 Å². The average Bonchev–Trinajstić information content (AvgIpc) is 2.74. The summed E-state index contributed by atoms with van der Waals surface area (Å²) in [5.74, 6) is -0.450. The molecule has 144 valence electrons. The van der Waals surface area contributed by atoms with Gasteiger partial charge in [-0.1, -0.05) is 18.2 Å². The number of nitrogens with zero attached hydrogens (tertiary/aromatic N) is 3. The maximum Gasteiger partial charge on any atom is 0.257 e. The molecule has 1 aliphatic rings. The van der Waals surface area contributed by atoms with Crippen LogP contribution in [0.3, 0.4) is 0 Å². The Kier molecular flexibility index (Phi) is 5.50. The van der Waals surface area contributed by atoms with E-state index in [2.05, 4.69) is 25.9 Å². The first kappa shape index (κ1) is 18.8. The Morgan fingerprint density at radius 1 is 1.25 bits per heavy atom. The van der Waals surface area contributed by atoms with Crippen LogP contribution in [-0.2, 0) is 4.74 Å². The van der Waals surface area contributed by atoms with Crippen molar-refractivity contribution in [2.45, 2.75) is 6.10 Å². The number of carbonyl (C=O) groups excluding carboxylic acids is 1. The number of hydrogen-bond donors (Lipinski definition) is 0. The number of ether oxygens (including phenoxy) is 2. The average molecular weight is 446 g/mol. The van der Waals surface area contributed by atoms with E-state index in [1.165, 1.54) is 12.4 Å². The number of amides is 1. The summed E-state index contributed by atoms with van der Waals surface area (Å²) in [7, 11) is 0. The molecule has 28 heavy (non-hydrogen) atoms. The van der Waals surface area contributed by atoms with Crippen molar-refractivity contribution in [2.24, 2.45) is 0 Å². The zero-order chi connectivity index (χ0) is 19.5. The summed E-state index contributed by atoms with van der Waals surface area (Å²) in [6, 6.07) is 12.2. The normalized spacial score (nSPS) is 16.9. The fourth-order valence-corrected chi connectivity index (χ4v) is 3.48. The van der Waals surface area contributed by atoms with Crippen molar-refractivity contribution in [2.75, 3.05) is 26.3 Å². The lowest BCUT2D eigenvalue weighted by Gasteiger charge is -2.33. The molecule has 0 spiro atoms. The van der Waals surface area contributed by atoms with E-state index in [1.807, 2.05) is 24.3 Å². The van der Waals surface area contributed by atoms with Crippen LogP contribution in [-0.4, -0.2) is 53.2 Å². The van der Waals surface area contributed by atoms with Crippen molar-refractivity contribution < 1.29 is 18.7 Å². The van der Waals surface area contributed by atoms with E-state index in [4.69, 9.17) is 9.47 Å². The Morgan fingerprint density at radius 3 is 3.00 bits per heavy atom. The van der Waals surface area contributed by atoms with E-state index in [1.54, 1.807) is 17.0 Å². The van der Waals surface area contributed by atoms with Crippen LogP contribution in [0.1, 0.15) is 10.4 Å². The monoisotopic (exact) mass is 445 g/mol. The predicted molar refractivity (Wildman–Crippen MR) is 105 cm³/mol. The molecule has 1 amide bonds. The second kappa shape index (κ2) is 8.20. The third-order valence-electron chi connectivity index (χ3n) is 4.52. The van der Waals surface area contributed by atoms with E-state index >= 15 is 0 Å². The number of aromatic nitrogens is 2.